The number of likely N-dealkylation sites (tertiary alicyclic amines) is 1. The van der Waals surface area contributed by atoms with Gasteiger partial charge < -0.3 is 4.92 Å². The first-order valence-corrected chi connectivity index (χ1v) is 6.56. The Morgan fingerprint density at radius 2 is 1.95 bits per heavy atom. The van der Waals surface area contributed by atoms with Crippen LogP contribution in [0, 0.1) is 0 Å². The maximum atomic E-state index is 6.18. The van der Waals surface area contributed by atoms with Gasteiger partial charge in [-0.3, -0.25) is 4.90 Å². The zero-order chi connectivity index (χ0) is 13.6. The highest BCUT2D eigenvalue weighted by atomic mass is 15.7. The number of rotatable bonds is 2. The highest BCUT2D eigenvalue weighted by Gasteiger charge is 2.36. The number of hydrogen-bond acceptors (Lipinski definition) is 4. The van der Waals surface area contributed by atoms with Crippen LogP contribution in [-0.2, 0) is 0 Å². The van der Waals surface area contributed by atoms with Crippen molar-refractivity contribution >= 4 is 19.0 Å². The molecule has 0 bridgehead atoms. The fraction of sp³-hybridized carbons (Fsp3) is 0.538. The number of nitrogens with zero attached hydrogens (tertiary/aromatic N) is 5. The van der Waals surface area contributed by atoms with Gasteiger partial charge in [0.05, 0.1) is 6.04 Å². The van der Waals surface area contributed by atoms with E-state index in [1.807, 2.05) is 24.3 Å². The average Bonchev–Trinajstić information content (AvgIpc) is 2.68. The summed E-state index contributed by atoms with van der Waals surface area (Å²) in [6.07, 6.45) is 0. The molecule has 0 saturated carbocycles. The average molecular weight is 255 g/mol. The highest BCUT2D eigenvalue weighted by Crippen LogP contribution is 2.23. The number of hydrogen-bond donors (Lipinski definition) is 0. The van der Waals surface area contributed by atoms with Crippen molar-refractivity contribution in [1.29, 1.82) is 0 Å². The molecule has 5 nitrogen and oxygen atoms in total. The molecule has 2 heterocycles. The smallest absolute Gasteiger partial charge is 0.257 e. The van der Waals surface area contributed by atoms with Gasteiger partial charge in [-0.2, -0.15) is 4.79 Å². The predicted molar refractivity (Wildman–Crippen MR) is 76.6 cm³/mol. The van der Waals surface area contributed by atoms with Gasteiger partial charge in [-0.1, -0.05) is 12.1 Å². The summed E-state index contributed by atoms with van der Waals surface area (Å²) >= 11 is 0. The number of fused-ring (bicyclic) bond motifs is 1. The Bertz CT molecular complexity index is 582. The molecule has 1 aliphatic heterocycles. The van der Waals surface area contributed by atoms with Gasteiger partial charge in [0.15, 0.2) is 0 Å². The summed E-state index contributed by atoms with van der Waals surface area (Å²) in [6.45, 7) is 8.56. The molecule has 1 fully saturated rings. The molecular weight excluding hydrogens is 237 g/mol. The van der Waals surface area contributed by atoms with Crippen molar-refractivity contribution in [2.45, 2.75) is 32.4 Å². The van der Waals surface area contributed by atoms with E-state index in [0.717, 1.165) is 24.1 Å². The minimum atomic E-state index is 0.196. The van der Waals surface area contributed by atoms with E-state index in [9.17, 15) is 0 Å². The minimum Gasteiger partial charge on any atom is -0.346 e. The van der Waals surface area contributed by atoms with Crippen molar-refractivity contribution in [1.82, 2.24) is 20.0 Å². The van der Waals surface area contributed by atoms with Crippen LogP contribution in [0.3, 0.4) is 0 Å². The topological polar surface area (TPSA) is 37.2 Å². The van der Waals surface area contributed by atoms with Crippen LogP contribution in [0.15, 0.2) is 24.3 Å². The maximum absolute atomic E-state index is 6.18. The maximum Gasteiger partial charge on any atom is 0.257 e. The lowest BCUT2D eigenvalue weighted by Gasteiger charge is -2.51. The lowest BCUT2D eigenvalue weighted by Crippen LogP contribution is -2.66. The van der Waals surface area contributed by atoms with Gasteiger partial charge in [-0.05, 0) is 38.1 Å². The van der Waals surface area contributed by atoms with E-state index < -0.39 is 0 Å². The minimum absolute atomic E-state index is 0.196. The highest BCUT2D eigenvalue weighted by molar-refractivity contribution is 6.14. The normalized spacial score (nSPS) is 17.6. The van der Waals surface area contributed by atoms with Gasteiger partial charge in [0, 0.05) is 18.6 Å². The summed E-state index contributed by atoms with van der Waals surface area (Å²) in [5.41, 5.74) is 2.01. The SMILES string of the molecule is [B]N(C1CN(C(C)(C)C)C1)n1nnc2ccccc21. The third-order valence-electron chi connectivity index (χ3n) is 3.74. The molecule has 0 amide bonds. The Morgan fingerprint density at radius 1 is 1.26 bits per heavy atom. The van der Waals surface area contributed by atoms with E-state index >= 15 is 0 Å². The first-order chi connectivity index (χ1) is 8.97. The van der Waals surface area contributed by atoms with Crippen molar-refractivity contribution in [3.05, 3.63) is 24.3 Å². The molecule has 0 aliphatic carbocycles. The predicted octanol–water partition coefficient (Wildman–Crippen LogP) is 0.935. The summed E-state index contributed by atoms with van der Waals surface area (Å²) in [5.74, 6) is 0. The largest absolute Gasteiger partial charge is 0.346 e. The van der Waals surface area contributed by atoms with Gasteiger partial charge in [-0.25, -0.2) is 0 Å². The van der Waals surface area contributed by atoms with Crippen molar-refractivity contribution in [3.8, 4) is 0 Å². The molecule has 3 rings (SSSR count). The summed E-state index contributed by atoms with van der Waals surface area (Å²) in [5, 5.41) is 8.26. The van der Waals surface area contributed by atoms with Crippen LogP contribution in [0.5, 0.6) is 0 Å². The molecule has 0 spiro atoms. The second kappa shape index (κ2) is 4.23. The van der Waals surface area contributed by atoms with Gasteiger partial charge in [0.2, 0.25) is 0 Å². The van der Waals surface area contributed by atoms with Crippen LogP contribution in [0.2, 0.25) is 0 Å². The Morgan fingerprint density at radius 3 is 2.63 bits per heavy atom. The summed E-state index contributed by atoms with van der Waals surface area (Å²) < 4.78 is 0. The Balaban J connectivity index is 1.77. The molecule has 2 radical (unpaired) electrons. The Kier molecular flexibility index (Phi) is 2.78. The molecule has 1 aliphatic rings. The molecule has 1 aromatic carbocycles. The summed E-state index contributed by atoms with van der Waals surface area (Å²) in [4.78, 5) is 5.79. The van der Waals surface area contributed by atoms with E-state index in [-0.39, 0.29) is 11.6 Å². The lowest BCUT2D eigenvalue weighted by molar-refractivity contribution is 0.0447. The second-order valence-electron chi connectivity index (χ2n) is 6.08. The zero-order valence-electron chi connectivity index (χ0n) is 11.6. The third-order valence-corrected chi connectivity index (χ3v) is 3.74. The Labute approximate surface area is 114 Å². The summed E-state index contributed by atoms with van der Waals surface area (Å²) in [6, 6.07) is 8.12. The van der Waals surface area contributed by atoms with E-state index in [0.29, 0.717) is 0 Å². The van der Waals surface area contributed by atoms with Gasteiger partial charge in [0.25, 0.3) is 7.98 Å². The van der Waals surface area contributed by atoms with E-state index in [1.54, 1.807) is 9.71 Å². The van der Waals surface area contributed by atoms with Crippen molar-refractivity contribution in [2.75, 3.05) is 18.0 Å². The lowest BCUT2D eigenvalue weighted by atomic mass is 9.96. The second-order valence-corrected chi connectivity index (χ2v) is 6.08. The molecule has 1 aromatic heterocycles. The first-order valence-electron chi connectivity index (χ1n) is 6.56. The van der Waals surface area contributed by atoms with Crippen LogP contribution >= 0.6 is 0 Å². The van der Waals surface area contributed by atoms with Crippen LogP contribution in [0.25, 0.3) is 11.0 Å². The van der Waals surface area contributed by atoms with Gasteiger partial charge in [0.1, 0.15) is 11.0 Å². The Hall–Kier alpha value is -1.56. The van der Waals surface area contributed by atoms with Crippen LogP contribution in [-0.4, -0.2) is 52.7 Å². The molecule has 0 atom stereocenters. The molecule has 1 saturated heterocycles. The molecule has 6 heteroatoms. The van der Waals surface area contributed by atoms with Crippen LogP contribution in [0.1, 0.15) is 20.8 Å². The van der Waals surface area contributed by atoms with Crippen LogP contribution < -0.4 is 4.92 Å². The van der Waals surface area contributed by atoms with Crippen molar-refractivity contribution in [3.63, 3.8) is 0 Å². The third kappa shape index (κ3) is 2.10. The number of para-hydroxylation sites is 1. The fourth-order valence-electron chi connectivity index (χ4n) is 2.35. The monoisotopic (exact) mass is 255 g/mol. The summed E-state index contributed by atoms with van der Waals surface area (Å²) in [7, 11) is 6.18. The number of aromatic nitrogens is 3. The quantitative estimate of drug-likeness (QED) is 0.748. The fourth-order valence-corrected chi connectivity index (χ4v) is 2.35. The van der Waals surface area contributed by atoms with E-state index in [4.69, 9.17) is 7.98 Å². The zero-order valence-corrected chi connectivity index (χ0v) is 11.6. The van der Waals surface area contributed by atoms with Crippen molar-refractivity contribution in [2.24, 2.45) is 0 Å². The molecule has 2 aromatic rings. The van der Waals surface area contributed by atoms with E-state index in [2.05, 4.69) is 36.0 Å². The van der Waals surface area contributed by atoms with Crippen LogP contribution in [0.4, 0.5) is 0 Å². The molecule has 98 valence electrons. The molecule has 19 heavy (non-hydrogen) atoms. The molecular formula is C13H18BN5. The number of benzene rings is 1. The van der Waals surface area contributed by atoms with Gasteiger partial charge >= 0.3 is 0 Å². The van der Waals surface area contributed by atoms with E-state index in [1.165, 1.54) is 0 Å². The van der Waals surface area contributed by atoms with Gasteiger partial charge in [-0.15, -0.1) is 5.10 Å². The molecule has 0 N–H and O–H groups in total. The standard InChI is InChI=1S/C13H18BN5/c1-13(2,3)17-8-10(9-17)18(14)19-12-7-5-4-6-11(12)15-16-19/h4-7,10H,8-9H2,1-3H3. The first kappa shape index (κ1) is 12.5. The molecule has 0 unspecified atom stereocenters. The van der Waals surface area contributed by atoms with Crippen molar-refractivity contribution < 1.29 is 0 Å².